The maximum absolute atomic E-state index is 9.03. The highest BCUT2D eigenvalue weighted by molar-refractivity contribution is 5.38. The second-order valence-corrected chi connectivity index (χ2v) is 8.64. The van der Waals surface area contributed by atoms with Crippen LogP contribution in [-0.2, 0) is 19.3 Å². The van der Waals surface area contributed by atoms with E-state index in [1.54, 1.807) is 7.11 Å². The Hall–Kier alpha value is -1.84. The summed E-state index contributed by atoms with van der Waals surface area (Å²) in [6.07, 6.45) is 8.90. The lowest BCUT2D eigenvalue weighted by molar-refractivity contribution is 0.281. The van der Waals surface area contributed by atoms with E-state index in [1.165, 1.54) is 53.5 Å². The third-order valence-corrected chi connectivity index (χ3v) is 6.54. The number of ether oxygens (including phenoxy) is 1. The SMILES string of the molecule is COc1ccc(C)cc1CC[C@@H]1CCc2cc([C@H](CN)CCCCO)ccc2C1. The zero-order chi connectivity index (χ0) is 20.6. The number of unbranched alkanes of at least 4 members (excludes halogenated alkanes) is 1. The molecule has 0 spiro atoms. The predicted molar refractivity (Wildman–Crippen MR) is 121 cm³/mol. The predicted octanol–water partition coefficient (Wildman–Crippen LogP) is 4.95. The molecule has 3 N–H and O–H groups in total. The van der Waals surface area contributed by atoms with Crippen molar-refractivity contribution >= 4 is 0 Å². The lowest BCUT2D eigenvalue weighted by Crippen LogP contribution is -2.17. The van der Waals surface area contributed by atoms with Crippen molar-refractivity contribution in [3.8, 4) is 5.75 Å². The van der Waals surface area contributed by atoms with Crippen LogP contribution in [0.3, 0.4) is 0 Å². The van der Waals surface area contributed by atoms with Gasteiger partial charge in [0.25, 0.3) is 0 Å². The lowest BCUT2D eigenvalue weighted by atomic mass is 9.79. The first-order chi connectivity index (χ1) is 14.1. The van der Waals surface area contributed by atoms with Crippen LogP contribution >= 0.6 is 0 Å². The standard InChI is InChI=1S/C26H37NO2/c1-19-6-13-26(29-2)24(15-19)10-8-20-7-9-22-17-23(12-11-21(22)16-20)25(18-27)5-3-4-14-28/h6,11-13,15,17,20,25,28H,3-5,7-10,14,16,18,27H2,1-2H3/t20-,25-/m0/s1. The summed E-state index contributed by atoms with van der Waals surface area (Å²) < 4.78 is 5.55. The van der Waals surface area contributed by atoms with Gasteiger partial charge in [0, 0.05) is 6.61 Å². The second-order valence-electron chi connectivity index (χ2n) is 8.64. The topological polar surface area (TPSA) is 55.5 Å². The molecule has 0 aromatic heterocycles. The van der Waals surface area contributed by atoms with Crippen molar-refractivity contribution in [1.29, 1.82) is 0 Å². The van der Waals surface area contributed by atoms with Gasteiger partial charge in [-0.05, 0) is 98.6 Å². The van der Waals surface area contributed by atoms with Crippen LogP contribution in [0.25, 0.3) is 0 Å². The van der Waals surface area contributed by atoms with Crippen molar-refractivity contribution < 1.29 is 9.84 Å². The number of methoxy groups -OCH3 is 1. The molecule has 0 heterocycles. The molecule has 3 rings (SSSR count). The van der Waals surface area contributed by atoms with Gasteiger partial charge in [0.2, 0.25) is 0 Å². The minimum atomic E-state index is 0.275. The third-order valence-electron chi connectivity index (χ3n) is 6.54. The molecule has 1 aliphatic carbocycles. The number of hydrogen-bond acceptors (Lipinski definition) is 3. The van der Waals surface area contributed by atoms with Crippen LogP contribution in [0, 0.1) is 12.8 Å². The average Bonchev–Trinajstić information content (AvgIpc) is 2.75. The maximum Gasteiger partial charge on any atom is 0.122 e. The minimum absolute atomic E-state index is 0.275. The van der Waals surface area contributed by atoms with Gasteiger partial charge in [-0.1, -0.05) is 42.3 Å². The van der Waals surface area contributed by atoms with Crippen LogP contribution in [0.4, 0.5) is 0 Å². The smallest absolute Gasteiger partial charge is 0.122 e. The van der Waals surface area contributed by atoms with Crippen LogP contribution < -0.4 is 10.5 Å². The monoisotopic (exact) mass is 395 g/mol. The van der Waals surface area contributed by atoms with Crippen molar-refractivity contribution in [2.75, 3.05) is 20.3 Å². The van der Waals surface area contributed by atoms with E-state index in [-0.39, 0.29) is 6.61 Å². The van der Waals surface area contributed by atoms with Gasteiger partial charge in [-0.15, -0.1) is 0 Å². The highest BCUT2D eigenvalue weighted by Crippen LogP contribution is 2.32. The highest BCUT2D eigenvalue weighted by atomic mass is 16.5. The Balaban J connectivity index is 1.60. The fourth-order valence-corrected chi connectivity index (χ4v) is 4.74. The van der Waals surface area contributed by atoms with E-state index < -0.39 is 0 Å². The Morgan fingerprint density at radius 3 is 2.76 bits per heavy atom. The summed E-state index contributed by atoms with van der Waals surface area (Å²) in [7, 11) is 1.76. The van der Waals surface area contributed by atoms with Crippen molar-refractivity contribution in [3.05, 3.63) is 64.2 Å². The molecule has 2 aromatic rings. The summed E-state index contributed by atoms with van der Waals surface area (Å²) >= 11 is 0. The molecule has 0 fully saturated rings. The molecule has 0 unspecified atom stereocenters. The van der Waals surface area contributed by atoms with Gasteiger partial charge >= 0.3 is 0 Å². The van der Waals surface area contributed by atoms with Crippen molar-refractivity contribution in [2.24, 2.45) is 11.7 Å². The Morgan fingerprint density at radius 1 is 1.14 bits per heavy atom. The molecule has 0 radical (unpaired) electrons. The maximum atomic E-state index is 9.03. The fourth-order valence-electron chi connectivity index (χ4n) is 4.74. The highest BCUT2D eigenvalue weighted by Gasteiger charge is 2.21. The number of nitrogens with two attached hydrogens (primary N) is 1. The van der Waals surface area contributed by atoms with Crippen LogP contribution in [0.1, 0.15) is 65.8 Å². The second kappa shape index (κ2) is 10.8. The molecule has 0 saturated carbocycles. The Kier molecular flexibility index (Phi) is 8.14. The summed E-state index contributed by atoms with van der Waals surface area (Å²) in [6, 6.07) is 13.5. The molecule has 0 amide bonds. The van der Waals surface area contributed by atoms with Gasteiger partial charge in [-0.2, -0.15) is 0 Å². The molecular weight excluding hydrogens is 358 g/mol. The van der Waals surface area contributed by atoms with Crippen LogP contribution in [0.2, 0.25) is 0 Å². The van der Waals surface area contributed by atoms with Crippen molar-refractivity contribution in [1.82, 2.24) is 0 Å². The quantitative estimate of drug-likeness (QED) is 0.560. The summed E-state index contributed by atoms with van der Waals surface area (Å²) in [4.78, 5) is 0. The van der Waals surface area contributed by atoms with Gasteiger partial charge in [-0.3, -0.25) is 0 Å². The minimum Gasteiger partial charge on any atom is -0.496 e. The van der Waals surface area contributed by atoms with E-state index in [1.807, 2.05) is 0 Å². The fraction of sp³-hybridized carbons (Fsp3) is 0.538. The molecule has 158 valence electrons. The van der Waals surface area contributed by atoms with E-state index in [0.29, 0.717) is 12.5 Å². The van der Waals surface area contributed by atoms with Crippen LogP contribution in [0.15, 0.2) is 36.4 Å². The van der Waals surface area contributed by atoms with Gasteiger partial charge in [0.15, 0.2) is 0 Å². The molecule has 0 aliphatic heterocycles. The molecule has 3 nitrogen and oxygen atoms in total. The molecule has 2 atom stereocenters. The van der Waals surface area contributed by atoms with Crippen molar-refractivity contribution in [3.63, 3.8) is 0 Å². The number of aliphatic hydroxyl groups is 1. The summed E-state index contributed by atoms with van der Waals surface area (Å²) in [6.45, 7) is 3.11. The van der Waals surface area contributed by atoms with E-state index in [9.17, 15) is 0 Å². The summed E-state index contributed by atoms with van der Waals surface area (Å²) in [5.74, 6) is 2.18. The van der Waals surface area contributed by atoms with E-state index in [0.717, 1.165) is 37.4 Å². The Labute approximate surface area is 176 Å². The summed E-state index contributed by atoms with van der Waals surface area (Å²) in [5.41, 5.74) is 13.1. The van der Waals surface area contributed by atoms with E-state index in [4.69, 9.17) is 15.6 Å². The molecule has 0 saturated heterocycles. The molecule has 2 aromatic carbocycles. The van der Waals surface area contributed by atoms with Crippen molar-refractivity contribution in [2.45, 2.75) is 64.2 Å². The molecule has 3 heteroatoms. The van der Waals surface area contributed by atoms with E-state index in [2.05, 4.69) is 43.3 Å². The Morgan fingerprint density at radius 2 is 2.00 bits per heavy atom. The number of aryl methyl sites for hydroxylation is 3. The van der Waals surface area contributed by atoms with Gasteiger partial charge in [0.1, 0.15) is 5.75 Å². The summed E-state index contributed by atoms with van der Waals surface area (Å²) in [5, 5.41) is 9.03. The van der Waals surface area contributed by atoms with Gasteiger partial charge in [0.05, 0.1) is 7.11 Å². The van der Waals surface area contributed by atoms with Crippen LogP contribution in [0.5, 0.6) is 5.75 Å². The van der Waals surface area contributed by atoms with Gasteiger partial charge in [-0.25, -0.2) is 0 Å². The third kappa shape index (κ3) is 5.83. The first-order valence-electron chi connectivity index (χ1n) is 11.2. The zero-order valence-electron chi connectivity index (χ0n) is 18.1. The van der Waals surface area contributed by atoms with Gasteiger partial charge < -0.3 is 15.6 Å². The average molecular weight is 396 g/mol. The van der Waals surface area contributed by atoms with E-state index >= 15 is 0 Å². The molecular formula is C26H37NO2. The molecule has 0 bridgehead atoms. The first kappa shape index (κ1) is 21.9. The molecule has 29 heavy (non-hydrogen) atoms. The zero-order valence-corrected chi connectivity index (χ0v) is 18.1. The normalized spacial score (nSPS) is 17.0. The van der Waals surface area contributed by atoms with Crippen LogP contribution in [-0.4, -0.2) is 25.4 Å². The largest absolute Gasteiger partial charge is 0.496 e. The first-order valence-corrected chi connectivity index (χ1v) is 11.2. The molecule has 1 aliphatic rings. The number of hydrogen-bond donors (Lipinski definition) is 2. The lowest BCUT2D eigenvalue weighted by Gasteiger charge is -2.26. The Bertz CT molecular complexity index is 786. The number of rotatable bonds is 10. The number of fused-ring (bicyclic) bond motifs is 1. The number of benzene rings is 2. The number of aliphatic hydroxyl groups excluding tert-OH is 1.